The Balaban J connectivity index is 1.57. The molecule has 28 heavy (non-hydrogen) atoms. The number of hydrogen-bond acceptors (Lipinski definition) is 4. The van der Waals surface area contributed by atoms with Crippen LogP contribution in [0.1, 0.15) is 45.1 Å². The first-order valence-corrected chi connectivity index (χ1v) is 9.24. The Hall–Kier alpha value is -2.54. The average Bonchev–Trinajstić information content (AvgIpc) is 3.19. The van der Waals surface area contributed by atoms with Crippen molar-refractivity contribution in [1.82, 2.24) is 0 Å². The number of carbonyl (C=O) groups is 1. The Morgan fingerprint density at radius 2 is 2.00 bits per heavy atom. The van der Waals surface area contributed by atoms with Gasteiger partial charge in [0.05, 0.1) is 11.1 Å². The number of rotatable bonds is 3. The fraction of sp³-hybridized carbons (Fsp3) is 0.381. The molecule has 0 aliphatic carbocycles. The lowest BCUT2D eigenvalue weighted by molar-refractivity contribution is -0.137. The molecule has 0 spiro atoms. The quantitative estimate of drug-likeness (QED) is 0.805. The van der Waals surface area contributed by atoms with E-state index < -0.39 is 23.8 Å². The molecule has 0 amide bonds. The van der Waals surface area contributed by atoms with Crippen LogP contribution in [0.3, 0.4) is 0 Å². The van der Waals surface area contributed by atoms with Gasteiger partial charge in [0, 0.05) is 36.8 Å². The van der Waals surface area contributed by atoms with Gasteiger partial charge in [0.1, 0.15) is 6.10 Å². The van der Waals surface area contributed by atoms with E-state index in [9.17, 15) is 18.0 Å². The largest absolute Gasteiger partial charge is 0.454 e. The Morgan fingerprint density at radius 1 is 1.21 bits per heavy atom. The van der Waals surface area contributed by atoms with E-state index in [2.05, 4.69) is 4.90 Å². The van der Waals surface area contributed by atoms with Gasteiger partial charge < -0.3 is 15.4 Å². The Bertz CT molecular complexity index is 926. The van der Waals surface area contributed by atoms with Crippen LogP contribution in [0.5, 0.6) is 0 Å². The summed E-state index contributed by atoms with van der Waals surface area (Å²) in [5.41, 5.74) is 8.78. The molecule has 1 unspecified atom stereocenters. The van der Waals surface area contributed by atoms with Gasteiger partial charge in [-0.3, -0.25) is 0 Å². The second-order valence-corrected chi connectivity index (χ2v) is 7.50. The molecule has 2 aliphatic rings. The summed E-state index contributed by atoms with van der Waals surface area (Å²) >= 11 is 0. The van der Waals surface area contributed by atoms with E-state index in [1.807, 2.05) is 18.2 Å². The first-order chi connectivity index (χ1) is 13.2. The molecule has 7 heteroatoms. The van der Waals surface area contributed by atoms with E-state index in [1.54, 1.807) is 6.92 Å². The summed E-state index contributed by atoms with van der Waals surface area (Å²) in [6.07, 6.45) is -3.61. The van der Waals surface area contributed by atoms with Crippen LogP contribution in [-0.4, -0.2) is 25.1 Å². The zero-order chi connectivity index (χ0) is 20.1. The highest BCUT2D eigenvalue weighted by Crippen LogP contribution is 2.37. The SMILES string of the molecule is Cc1cc(C(F)(F)F)ccc1CC1OC(=O)c2cc(N3CC[C@@H](N)C3)ccc21. The number of halogens is 3. The van der Waals surface area contributed by atoms with Gasteiger partial charge in [0.25, 0.3) is 0 Å². The number of esters is 1. The number of nitrogens with zero attached hydrogens (tertiary/aromatic N) is 1. The van der Waals surface area contributed by atoms with Crippen molar-refractivity contribution in [1.29, 1.82) is 0 Å². The van der Waals surface area contributed by atoms with Crippen LogP contribution in [0.4, 0.5) is 18.9 Å². The maximum Gasteiger partial charge on any atom is 0.416 e. The number of carbonyl (C=O) groups excluding carboxylic acids is 1. The van der Waals surface area contributed by atoms with E-state index in [1.165, 1.54) is 6.07 Å². The van der Waals surface area contributed by atoms with Crippen LogP contribution in [0, 0.1) is 6.92 Å². The standard InChI is InChI=1S/C21H21F3N2O2/c1-12-8-14(21(22,23)24)3-2-13(12)9-19-17-5-4-16(10-18(17)20(27)28-19)26-7-6-15(25)11-26/h2-5,8,10,15,19H,6-7,9,11,25H2,1H3/t15-,19?/m1/s1. The van der Waals surface area contributed by atoms with Crippen LogP contribution < -0.4 is 10.6 Å². The summed E-state index contributed by atoms with van der Waals surface area (Å²) in [5.74, 6) is -0.394. The number of aryl methyl sites for hydroxylation is 1. The minimum atomic E-state index is -4.37. The second-order valence-electron chi connectivity index (χ2n) is 7.50. The van der Waals surface area contributed by atoms with Gasteiger partial charge in [-0.2, -0.15) is 13.2 Å². The van der Waals surface area contributed by atoms with Gasteiger partial charge in [-0.15, -0.1) is 0 Å². The predicted octanol–water partition coefficient (Wildman–Crippen LogP) is 4.01. The van der Waals surface area contributed by atoms with E-state index in [4.69, 9.17) is 10.5 Å². The van der Waals surface area contributed by atoms with Crippen molar-refractivity contribution in [3.63, 3.8) is 0 Å². The summed E-state index contributed by atoms with van der Waals surface area (Å²) in [5, 5.41) is 0. The minimum absolute atomic E-state index is 0.135. The fourth-order valence-corrected chi connectivity index (χ4v) is 3.93. The van der Waals surface area contributed by atoms with Crippen molar-refractivity contribution in [2.24, 2.45) is 5.73 Å². The molecule has 1 fully saturated rings. The van der Waals surface area contributed by atoms with Crippen molar-refractivity contribution in [3.05, 3.63) is 64.2 Å². The average molecular weight is 390 g/mol. The molecule has 0 saturated carbocycles. The topological polar surface area (TPSA) is 55.6 Å². The maximum absolute atomic E-state index is 12.9. The summed E-state index contributed by atoms with van der Waals surface area (Å²) in [6, 6.07) is 9.45. The van der Waals surface area contributed by atoms with E-state index >= 15 is 0 Å². The van der Waals surface area contributed by atoms with Gasteiger partial charge in [-0.1, -0.05) is 12.1 Å². The third kappa shape index (κ3) is 3.46. The van der Waals surface area contributed by atoms with Crippen LogP contribution in [0.25, 0.3) is 0 Å². The smallest absolute Gasteiger partial charge is 0.416 e. The molecule has 0 aromatic heterocycles. The molecule has 2 aliphatic heterocycles. The normalized spacial score (nSPS) is 21.8. The molecule has 2 aromatic carbocycles. The lowest BCUT2D eigenvalue weighted by Crippen LogP contribution is -2.26. The Labute approximate surface area is 161 Å². The van der Waals surface area contributed by atoms with E-state index in [0.717, 1.165) is 48.5 Å². The van der Waals surface area contributed by atoms with Crippen molar-refractivity contribution in [2.75, 3.05) is 18.0 Å². The molecule has 4 nitrogen and oxygen atoms in total. The molecule has 0 bridgehead atoms. The lowest BCUT2D eigenvalue weighted by Gasteiger charge is -2.19. The van der Waals surface area contributed by atoms with Gasteiger partial charge in [0.2, 0.25) is 0 Å². The molecule has 2 N–H and O–H groups in total. The van der Waals surface area contributed by atoms with Gasteiger partial charge in [-0.05, 0) is 48.7 Å². The third-order valence-corrected chi connectivity index (χ3v) is 5.52. The number of hydrogen-bond donors (Lipinski definition) is 1. The van der Waals surface area contributed by atoms with Gasteiger partial charge in [-0.25, -0.2) is 4.79 Å². The zero-order valence-electron chi connectivity index (χ0n) is 15.4. The van der Waals surface area contributed by atoms with Gasteiger partial charge in [0.15, 0.2) is 0 Å². The van der Waals surface area contributed by atoms with Crippen LogP contribution in [0.2, 0.25) is 0 Å². The van der Waals surface area contributed by atoms with Crippen molar-refractivity contribution < 1.29 is 22.7 Å². The molecule has 4 rings (SSSR count). The maximum atomic E-state index is 12.9. The predicted molar refractivity (Wildman–Crippen MR) is 99.3 cm³/mol. The van der Waals surface area contributed by atoms with Crippen LogP contribution in [0.15, 0.2) is 36.4 Å². The van der Waals surface area contributed by atoms with Crippen molar-refractivity contribution in [2.45, 2.75) is 38.1 Å². The van der Waals surface area contributed by atoms with E-state index in [-0.39, 0.29) is 6.04 Å². The first kappa shape index (κ1) is 18.8. The Kier molecular flexibility index (Phi) is 4.57. The minimum Gasteiger partial charge on any atom is -0.454 e. The summed E-state index contributed by atoms with van der Waals surface area (Å²) in [7, 11) is 0. The van der Waals surface area contributed by atoms with Crippen molar-refractivity contribution in [3.8, 4) is 0 Å². The molecular formula is C21H21F3N2O2. The first-order valence-electron chi connectivity index (χ1n) is 9.24. The highest BCUT2D eigenvalue weighted by atomic mass is 19.4. The molecular weight excluding hydrogens is 369 g/mol. The molecule has 0 radical (unpaired) electrons. The number of alkyl halides is 3. The Morgan fingerprint density at radius 3 is 2.64 bits per heavy atom. The number of benzene rings is 2. The van der Waals surface area contributed by atoms with Crippen LogP contribution >= 0.6 is 0 Å². The number of anilines is 1. The fourth-order valence-electron chi connectivity index (χ4n) is 3.93. The summed E-state index contributed by atoms with van der Waals surface area (Å²) < 4.78 is 44.1. The lowest BCUT2D eigenvalue weighted by atomic mass is 9.95. The van der Waals surface area contributed by atoms with Crippen LogP contribution in [-0.2, 0) is 17.3 Å². The highest BCUT2D eigenvalue weighted by molar-refractivity contribution is 5.95. The number of ether oxygens (including phenoxy) is 1. The second kappa shape index (κ2) is 6.81. The van der Waals surface area contributed by atoms with Crippen molar-refractivity contribution >= 4 is 11.7 Å². The summed E-state index contributed by atoms with van der Waals surface area (Å²) in [4.78, 5) is 14.5. The third-order valence-electron chi connectivity index (χ3n) is 5.52. The highest BCUT2D eigenvalue weighted by Gasteiger charge is 2.34. The molecule has 2 atom stereocenters. The van der Waals surface area contributed by atoms with E-state index in [0.29, 0.717) is 17.5 Å². The number of fused-ring (bicyclic) bond motifs is 1. The molecule has 2 heterocycles. The molecule has 1 saturated heterocycles. The number of nitrogens with two attached hydrogens (primary N) is 1. The summed E-state index contributed by atoms with van der Waals surface area (Å²) in [6.45, 7) is 3.24. The molecule has 2 aromatic rings. The monoisotopic (exact) mass is 390 g/mol. The molecule has 148 valence electrons. The zero-order valence-corrected chi connectivity index (χ0v) is 15.4. The number of cyclic esters (lactones) is 1. The van der Waals surface area contributed by atoms with Gasteiger partial charge >= 0.3 is 12.1 Å².